The van der Waals surface area contributed by atoms with Gasteiger partial charge in [0.25, 0.3) is 0 Å². The molecular formula is C12H15N3O3. The summed E-state index contributed by atoms with van der Waals surface area (Å²) in [6.45, 7) is 6.03. The Balaban J connectivity index is 2.48. The van der Waals surface area contributed by atoms with E-state index in [1.54, 1.807) is 6.92 Å². The average Bonchev–Trinajstić information content (AvgIpc) is 2.34. The molecule has 0 unspecified atom stereocenters. The van der Waals surface area contributed by atoms with Crippen molar-refractivity contribution >= 4 is 12.0 Å². The molecule has 0 spiro atoms. The Bertz CT molecular complexity index is 471. The third-order valence-corrected chi connectivity index (χ3v) is 2.04. The fourth-order valence-corrected chi connectivity index (χ4v) is 1.17. The molecule has 1 aromatic heterocycles. The Hall–Kier alpha value is -2.37. The van der Waals surface area contributed by atoms with Gasteiger partial charge in [-0.15, -0.1) is 0 Å². The molecule has 0 bridgehead atoms. The molecule has 0 aromatic carbocycles. The van der Waals surface area contributed by atoms with Crippen LogP contribution in [0.15, 0.2) is 30.5 Å². The molecule has 0 aliphatic rings. The molecule has 0 radical (unpaired) electrons. The fourth-order valence-electron chi connectivity index (χ4n) is 1.17. The first-order valence-electron chi connectivity index (χ1n) is 5.33. The molecular weight excluding hydrogens is 234 g/mol. The number of aromatic carboxylic acids is 1. The summed E-state index contributed by atoms with van der Waals surface area (Å²) in [6, 6.07) is 2.47. The molecule has 1 aromatic rings. The lowest BCUT2D eigenvalue weighted by Crippen LogP contribution is -2.36. The molecule has 2 amide bonds. The summed E-state index contributed by atoms with van der Waals surface area (Å²) in [6.07, 6.45) is 1.40. The molecule has 6 nitrogen and oxygen atoms in total. The van der Waals surface area contributed by atoms with Crippen LogP contribution >= 0.6 is 0 Å². The van der Waals surface area contributed by atoms with Crippen LogP contribution in [-0.2, 0) is 6.54 Å². The predicted octanol–water partition coefficient (Wildman–Crippen LogP) is 1.16. The highest BCUT2D eigenvalue weighted by atomic mass is 16.4. The van der Waals surface area contributed by atoms with Gasteiger partial charge in [-0.1, -0.05) is 12.2 Å². The van der Waals surface area contributed by atoms with Gasteiger partial charge < -0.3 is 15.7 Å². The average molecular weight is 249 g/mol. The zero-order valence-corrected chi connectivity index (χ0v) is 10.1. The van der Waals surface area contributed by atoms with Crippen molar-refractivity contribution in [2.45, 2.75) is 13.5 Å². The maximum atomic E-state index is 11.3. The van der Waals surface area contributed by atoms with E-state index in [1.165, 1.54) is 18.3 Å². The molecule has 6 heteroatoms. The van der Waals surface area contributed by atoms with E-state index < -0.39 is 5.97 Å². The number of nitrogens with zero attached hydrogens (tertiary/aromatic N) is 1. The van der Waals surface area contributed by atoms with Crippen molar-refractivity contribution in [1.82, 2.24) is 15.6 Å². The zero-order chi connectivity index (χ0) is 13.5. The summed E-state index contributed by atoms with van der Waals surface area (Å²) in [5, 5.41) is 14.0. The number of carboxylic acids is 1. The number of pyridine rings is 1. The highest BCUT2D eigenvalue weighted by Crippen LogP contribution is 2.01. The van der Waals surface area contributed by atoms with E-state index in [4.69, 9.17) is 5.11 Å². The maximum absolute atomic E-state index is 11.3. The number of carboxylic acid groups (broad SMARTS) is 1. The van der Waals surface area contributed by atoms with Crippen molar-refractivity contribution in [1.29, 1.82) is 0 Å². The Morgan fingerprint density at radius 3 is 2.78 bits per heavy atom. The van der Waals surface area contributed by atoms with Gasteiger partial charge in [-0.05, 0) is 19.1 Å². The number of hydrogen-bond acceptors (Lipinski definition) is 3. The molecule has 0 saturated carbocycles. The van der Waals surface area contributed by atoms with Gasteiger partial charge in [0.1, 0.15) is 0 Å². The number of amides is 2. The summed E-state index contributed by atoms with van der Waals surface area (Å²) in [7, 11) is 0. The van der Waals surface area contributed by atoms with E-state index in [0.717, 1.165) is 5.57 Å². The largest absolute Gasteiger partial charge is 0.478 e. The van der Waals surface area contributed by atoms with E-state index in [-0.39, 0.29) is 18.1 Å². The van der Waals surface area contributed by atoms with Gasteiger partial charge in [0.05, 0.1) is 17.8 Å². The van der Waals surface area contributed by atoms with Gasteiger partial charge in [0.2, 0.25) is 0 Å². The molecule has 18 heavy (non-hydrogen) atoms. The first kappa shape index (κ1) is 13.7. The standard InChI is InChI=1S/C12H15N3O3/c1-8(2)6-14-12(18)15-7-10-5-9(11(16)17)3-4-13-10/h3-5H,1,6-7H2,2H3,(H,16,17)(H2,14,15,18). The van der Waals surface area contributed by atoms with Gasteiger partial charge in [-0.25, -0.2) is 9.59 Å². The molecule has 0 aliphatic heterocycles. The highest BCUT2D eigenvalue weighted by molar-refractivity contribution is 5.87. The van der Waals surface area contributed by atoms with Gasteiger partial charge in [-0.2, -0.15) is 0 Å². The van der Waals surface area contributed by atoms with Crippen LogP contribution in [-0.4, -0.2) is 28.6 Å². The molecule has 96 valence electrons. The smallest absolute Gasteiger partial charge is 0.335 e. The molecule has 0 atom stereocenters. The van der Waals surface area contributed by atoms with Crippen molar-refractivity contribution in [3.63, 3.8) is 0 Å². The van der Waals surface area contributed by atoms with Crippen LogP contribution in [0, 0.1) is 0 Å². The Kier molecular flexibility index (Phi) is 4.86. The number of urea groups is 1. The minimum atomic E-state index is -1.02. The van der Waals surface area contributed by atoms with E-state index >= 15 is 0 Å². The van der Waals surface area contributed by atoms with E-state index in [9.17, 15) is 9.59 Å². The van der Waals surface area contributed by atoms with Crippen LogP contribution in [0.3, 0.4) is 0 Å². The first-order valence-corrected chi connectivity index (χ1v) is 5.33. The van der Waals surface area contributed by atoms with Crippen molar-refractivity contribution in [3.05, 3.63) is 41.7 Å². The summed E-state index contributed by atoms with van der Waals surface area (Å²) in [4.78, 5) is 26.0. The fraction of sp³-hybridized carbons (Fsp3) is 0.250. The van der Waals surface area contributed by atoms with Crippen LogP contribution < -0.4 is 10.6 Å². The van der Waals surface area contributed by atoms with Crippen molar-refractivity contribution in [2.24, 2.45) is 0 Å². The Labute approximate surface area is 105 Å². The number of nitrogens with one attached hydrogen (secondary N) is 2. The van der Waals surface area contributed by atoms with Crippen LogP contribution in [0.5, 0.6) is 0 Å². The van der Waals surface area contributed by atoms with E-state index in [1.807, 2.05) is 0 Å². The van der Waals surface area contributed by atoms with Crippen LogP contribution in [0.4, 0.5) is 4.79 Å². The topological polar surface area (TPSA) is 91.3 Å². The molecule has 0 aliphatic carbocycles. The third-order valence-electron chi connectivity index (χ3n) is 2.04. The summed E-state index contributed by atoms with van der Waals surface area (Å²) < 4.78 is 0. The molecule has 3 N–H and O–H groups in total. The lowest BCUT2D eigenvalue weighted by atomic mass is 10.2. The summed E-state index contributed by atoms with van der Waals surface area (Å²) >= 11 is 0. The highest BCUT2D eigenvalue weighted by Gasteiger charge is 2.05. The van der Waals surface area contributed by atoms with Gasteiger partial charge >= 0.3 is 12.0 Å². The van der Waals surface area contributed by atoms with Crippen LogP contribution in [0.25, 0.3) is 0 Å². The number of aromatic nitrogens is 1. The second kappa shape index (κ2) is 6.39. The zero-order valence-electron chi connectivity index (χ0n) is 10.1. The summed E-state index contributed by atoms with van der Waals surface area (Å²) in [5.74, 6) is -1.02. The minimum absolute atomic E-state index is 0.143. The summed E-state index contributed by atoms with van der Waals surface area (Å²) in [5.41, 5.74) is 1.47. The molecule has 0 saturated heterocycles. The second-order valence-corrected chi connectivity index (χ2v) is 3.83. The van der Waals surface area contributed by atoms with E-state index in [2.05, 4.69) is 22.2 Å². The normalized spacial score (nSPS) is 9.61. The quantitative estimate of drug-likeness (QED) is 0.683. The van der Waals surface area contributed by atoms with Gasteiger partial charge in [-0.3, -0.25) is 4.98 Å². The number of hydrogen-bond donors (Lipinski definition) is 3. The molecule has 1 heterocycles. The first-order chi connectivity index (χ1) is 8.49. The third kappa shape index (κ3) is 4.65. The molecule has 0 fully saturated rings. The predicted molar refractivity (Wildman–Crippen MR) is 66.2 cm³/mol. The van der Waals surface area contributed by atoms with Crippen LogP contribution in [0.1, 0.15) is 23.0 Å². The Morgan fingerprint density at radius 2 is 2.17 bits per heavy atom. The SMILES string of the molecule is C=C(C)CNC(=O)NCc1cc(C(=O)O)ccn1. The lowest BCUT2D eigenvalue weighted by molar-refractivity contribution is 0.0696. The number of carbonyl (C=O) groups is 2. The number of carbonyl (C=O) groups excluding carboxylic acids is 1. The van der Waals surface area contributed by atoms with Gasteiger partial charge in [0.15, 0.2) is 0 Å². The molecule has 1 rings (SSSR count). The van der Waals surface area contributed by atoms with Gasteiger partial charge in [0, 0.05) is 12.7 Å². The van der Waals surface area contributed by atoms with E-state index in [0.29, 0.717) is 12.2 Å². The number of rotatable bonds is 5. The minimum Gasteiger partial charge on any atom is -0.478 e. The lowest BCUT2D eigenvalue weighted by Gasteiger charge is -2.07. The van der Waals surface area contributed by atoms with Crippen LogP contribution in [0.2, 0.25) is 0 Å². The van der Waals surface area contributed by atoms with Crippen molar-refractivity contribution in [2.75, 3.05) is 6.54 Å². The Morgan fingerprint density at radius 1 is 1.44 bits per heavy atom. The second-order valence-electron chi connectivity index (χ2n) is 3.83. The maximum Gasteiger partial charge on any atom is 0.335 e. The van der Waals surface area contributed by atoms with Crippen molar-refractivity contribution in [3.8, 4) is 0 Å². The van der Waals surface area contributed by atoms with Crippen molar-refractivity contribution < 1.29 is 14.7 Å². The monoisotopic (exact) mass is 249 g/mol.